The summed E-state index contributed by atoms with van der Waals surface area (Å²) < 4.78 is 1.78. The highest BCUT2D eigenvalue weighted by Gasteiger charge is 2.29. The van der Waals surface area contributed by atoms with Gasteiger partial charge in [-0.1, -0.05) is 65.7 Å². The first kappa shape index (κ1) is 21.2. The van der Waals surface area contributed by atoms with Crippen LogP contribution in [0.15, 0.2) is 95.7 Å². The summed E-state index contributed by atoms with van der Waals surface area (Å²) in [5.41, 5.74) is 5.01. The predicted octanol–water partition coefficient (Wildman–Crippen LogP) is 6.65. The Balaban J connectivity index is 1.62. The van der Waals surface area contributed by atoms with Crippen LogP contribution in [0.5, 0.6) is 0 Å². The zero-order chi connectivity index (χ0) is 22.9. The average molecular weight is 473 g/mol. The largest absolute Gasteiger partial charge is 0.280 e. The van der Waals surface area contributed by atoms with Crippen LogP contribution >= 0.6 is 23.2 Å². The van der Waals surface area contributed by atoms with E-state index >= 15 is 0 Å². The zero-order valence-corrected chi connectivity index (χ0v) is 19.1. The van der Waals surface area contributed by atoms with Gasteiger partial charge in [-0.25, -0.2) is 4.68 Å². The molecule has 1 aromatic heterocycles. The van der Waals surface area contributed by atoms with E-state index in [0.717, 1.165) is 22.5 Å². The second-order valence-corrected chi connectivity index (χ2v) is 8.35. The predicted molar refractivity (Wildman–Crippen MR) is 134 cm³/mol. The lowest BCUT2D eigenvalue weighted by Crippen LogP contribution is -2.21. The van der Waals surface area contributed by atoms with Crippen LogP contribution in [0.1, 0.15) is 12.5 Å². The number of hydrazone groups is 1. The van der Waals surface area contributed by atoms with Crippen molar-refractivity contribution >= 4 is 46.6 Å². The second kappa shape index (κ2) is 8.70. The van der Waals surface area contributed by atoms with Gasteiger partial charge in [-0.3, -0.25) is 4.79 Å². The Hall–Kier alpha value is -3.67. The molecule has 0 fully saturated rings. The maximum atomic E-state index is 13.2. The smallest absolute Gasteiger partial charge is 0.267 e. The van der Waals surface area contributed by atoms with E-state index in [9.17, 15) is 4.79 Å². The molecule has 3 aromatic carbocycles. The molecule has 0 radical (unpaired) electrons. The molecule has 162 valence electrons. The summed E-state index contributed by atoms with van der Waals surface area (Å²) in [6.07, 6.45) is 3.72. The summed E-state index contributed by atoms with van der Waals surface area (Å²) in [5, 5.41) is 11.6. The van der Waals surface area contributed by atoms with Crippen LogP contribution in [0, 0.1) is 0 Å². The zero-order valence-electron chi connectivity index (χ0n) is 17.6. The Morgan fingerprint density at radius 2 is 1.52 bits per heavy atom. The van der Waals surface area contributed by atoms with Crippen molar-refractivity contribution in [1.29, 1.82) is 0 Å². The van der Waals surface area contributed by atoms with Gasteiger partial charge in [0.25, 0.3) is 5.91 Å². The highest BCUT2D eigenvalue weighted by Crippen LogP contribution is 2.32. The van der Waals surface area contributed by atoms with E-state index in [-0.39, 0.29) is 5.91 Å². The van der Waals surface area contributed by atoms with Crippen molar-refractivity contribution < 1.29 is 4.79 Å². The number of benzene rings is 3. The van der Waals surface area contributed by atoms with Gasteiger partial charge in [0.2, 0.25) is 0 Å². The molecule has 0 N–H and O–H groups in total. The van der Waals surface area contributed by atoms with Crippen molar-refractivity contribution in [3.05, 3.63) is 106 Å². The first-order valence-electron chi connectivity index (χ1n) is 10.3. The molecule has 5 rings (SSSR count). The number of amides is 1. The fourth-order valence-corrected chi connectivity index (χ4v) is 3.96. The summed E-state index contributed by atoms with van der Waals surface area (Å²) in [7, 11) is 0. The molecule has 4 aromatic rings. The van der Waals surface area contributed by atoms with Crippen LogP contribution in [-0.2, 0) is 4.79 Å². The highest BCUT2D eigenvalue weighted by molar-refractivity contribution is 6.42. The van der Waals surface area contributed by atoms with Crippen LogP contribution in [0.2, 0.25) is 10.0 Å². The minimum Gasteiger partial charge on any atom is -0.267 e. The first-order chi connectivity index (χ1) is 16.0. The van der Waals surface area contributed by atoms with E-state index in [4.69, 9.17) is 28.3 Å². The Kier molecular flexibility index (Phi) is 5.58. The van der Waals surface area contributed by atoms with Crippen molar-refractivity contribution in [2.75, 3.05) is 5.01 Å². The fourth-order valence-electron chi connectivity index (χ4n) is 3.66. The van der Waals surface area contributed by atoms with Crippen LogP contribution in [0.25, 0.3) is 23.0 Å². The minimum absolute atomic E-state index is 0.189. The first-order valence-corrected chi connectivity index (χ1v) is 11.0. The normalized spacial score (nSPS) is 14.8. The molecule has 7 heteroatoms. The molecule has 1 aliphatic rings. The molecule has 0 saturated carbocycles. The maximum absolute atomic E-state index is 13.2. The Morgan fingerprint density at radius 3 is 2.18 bits per heavy atom. The molecular formula is C26H18Cl2N4O. The third kappa shape index (κ3) is 4.09. The van der Waals surface area contributed by atoms with Crippen molar-refractivity contribution in [3.8, 4) is 16.9 Å². The molecule has 5 nitrogen and oxygen atoms in total. The SMILES string of the molecule is CC1=NN(c2ccccc2)C(=O)/C1=C\c1cn(-c2ccccc2)nc1-c1ccc(Cl)c(Cl)c1. The topological polar surface area (TPSA) is 50.5 Å². The fraction of sp³-hybridized carbons (Fsp3) is 0.0385. The number of carbonyl (C=O) groups is 1. The van der Waals surface area contributed by atoms with Gasteiger partial charge >= 0.3 is 0 Å². The van der Waals surface area contributed by atoms with Gasteiger partial charge in [0.1, 0.15) is 5.69 Å². The van der Waals surface area contributed by atoms with Gasteiger partial charge in [0.05, 0.1) is 32.7 Å². The molecular weight excluding hydrogens is 455 g/mol. The Morgan fingerprint density at radius 1 is 0.848 bits per heavy atom. The van der Waals surface area contributed by atoms with Crippen LogP contribution in [0.4, 0.5) is 5.69 Å². The van der Waals surface area contributed by atoms with Crippen LogP contribution in [-0.4, -0.2) is 21.4 Å². The van der Waals surface area contributed by atoms with Crippen molar-refractivity contribution in [3.63, 3.8) is 0 Å². The summed E-state index contributed by atoms with van der Waals surface area (Å²) >= 11 is 12.4. The minimum atomic E-state index is -0.189. The van der Waals surface area contributed by atoms with Crippen molar-refractivity contribution in [2.24, 2.45) is 5.10 Å². The molecule has 0 atom stereocenters. The summed E-state index contributed by atoms with van der Waals surface area (Å²) in [4.78, 5) is 13.2. The molecule has 0 saturated heterocycles. The number of hydrogen-bond acceptors (Lipinski definition) is 3. The van der Waals surface area contributed by atoms with E-state index in [1.807, 2.05) is 85.9 Å². The van der Waals surface area contributed by atoms with Gasteiger partial charge < -0.3 is 0 Å². The monoisotopic (exact) mass is 472 g/mol. The second-order valence-electron chi connectivity index (χ2n) is 7.54. The highest BCUT2D eigenvalue weighted by atomic mass is 35.5. The van der Waals surface area contributed by atoms with Gasteiger partial charge in [-0.2, -0.15) is 15.2 Å². The standard InChI is InChI=1S/C26H18Cl2N4O/c1-17-22(26(33)32(29-17)21-10-6-3-7-11-21)14-19-16-31(20-8-4-2-5-9-20)30-25(19)18-12-13-23(27)24(28)15-18/h2-16H,1H3/b22-14-. The molecule has 0 aliphatic carbocycles. The molecule has 0 unspecified atom stereocenters. The summed E-state index contributed by atoms with van der Waals surface area (Å²) in [6.45, 7) is 1.83. The Bertz CT molecular complexity index is 1410. The van der Waals surface area contributed by atoms with E-state index in [2.05, 4.69) is 5.10 Å². The molecule has 33 heavy (non-hydrogen) atoms. The number of anilines is 1. The number of rotatable bonds is 4. The van der Waals surface area contributed by atoms with Crippen LogP contribution in [0.3, 0.4) is 0 Å². The van der Waals surface area contributed by atoms with Crippen molar-refractivity contribution in [2.45, 2.75) is 6.92 Å². The number of carbonyl (C=O) groups excluding carboxylic acids is 1. The van der Waals surface area contributed by atoms with E-state index in [0.29, 0.717) is 27.0 Å². The maximum Gasteiger partial charge on any atom is 0.280 e. The van der Waals surface area contributed by atoms with Gasteiger partial charge in [0.15, 0.2) is 0 Å². The van der Waals surface area contributed by atoms with E-state index in [1.165, 1.54) is 5.01 Å². The summed E-state index contributed by atoms with van der Waals surface area (Å²) in [6, 6.07) is 24.5. The number of nitrogens with zero attached hydrogens (tertiary/aromatic N) is 4. The lowest BCUT2D eigenvalue weighted by Gasteiger charge is -2.11. The molecule has 0 bridgehead atoms. The van der Waals surface area contributed by atoms with Crippen molar-refractivity contribution in [1.82, 2.24) is 9.78 Å². The number of para-hydroxylation sites is 2. The van der Waals surface area contributed by atoms with Crippen LogP contribution < -0.4 is 5.01 Å². The lowest BCUT2D eigenvalue weighted by molar-refractivity contribution is -0.114. The third-order valence-electron chi connectivity index (χ3n) is 5.32. The quantitative estimate of drug-likeness (QED) is 0.312. The number of halogens is 2. The molecule has 1 aliphatic heterocycles. The van der Waals surface area contributed by atoms with E-state index < -0.39 is 0 Å². The lowest BCUT2D eigenvalue weighted by atomic mass is 10.0. The van der Waals surface area contributed by atoms with Gasteiger partial charge in [-0.15, -0.1) is 0 Å². The molecule has 0 spiro atoms. The molecule has 1 amide bonds. The van der Waals surface area contributed by atoms with Gasteiger partial charge in [0, 0.05) is 17.3 Å². The molecule has 2 heterocycles. The Labute approximate surface area is 201 Å². The van der Waals surface area contributed by atoms with E-state index in [1.54, 1.807) is 16.8 Å². The average Bonchev–Trinajstić information content (AvgIpc) is 3.39. The third-order valence-corrected chi connectivity index (χ3v) is 6.06. The summed E-state index contributed by atoms with van der Waals surface area (Å²) in [5.74, 6) is -0.189. The number of aromatic nitrogens is 2. The number of hydrogen-bond donors (Lipinski definition) is 0. The van der Waals surface area contributed by atoms with Gasteiger partial charge in [-0.05, 0) is 49.4 Å².